The lowest BCUT2D eigenvalue weighted by Gasteiger charge is -2.13. The van der Waals surface area contributed by atoms with Crippen LogP contribution < -0.4 is 5.32 Å². The molecule has 1 atom stereocenters. The first kappa shape index (κ1) is 15.3. The number of nitrogens with one attached hydrogen (secondary N) is 1. The third-order valence-corrected chi connectivity index (χ3v) is 2.98. The Hall–Kier alpha value is -0.800. The Labute approximate surface area is 111 Å². The van der Waals surface area contributed by atoms with Crippen molar-refractivity contribution in [2.75, 3.05) is 19.8 Å². The first-order valence-corrected chi connectivity index (χ1v) is 7.02. The van der Waals surface area contributed by atoms with Crippen LogP contribution in [0.3, 0.4) is 0 Å². The molecule has 0 radical (unpaired) electrons. The van der Waals surface area contributed by atoms with E-state index in [1.165, 1.54) is 0 Å². The quantitative estimate of drug-likeness (QED) is 0.650. The Balaban J connectivity index is 1.92. The van der Waals surface area contributed by atoms with Crippen LogP contribution in [-0.4, -0.2) is 25.8 Å². The Kier molecular flexibility index (Phi) is 7.78. The molecule has 1 rings (SSSR count). The number of hydrogen-bond acceptors (Lipinski definition) is 3. The second-order valence-electron chi connectivity index (χ2n) is 5.27. The van der Waals surface area contributed by atoms with Gasteiger partial charge in [0.15, 0.2) is 0 Å². The molecule has 1 aromatic rings. The van der Waals surface area contributed by atoms with Gasteiger partial charge in [0.2, 0.25) is 0 Å². The van der Waals surface area contributed by atoms with Crippen LogP contribution in [0.2, 0.25) is 0 Å². The standard InChI is InChI=1S/C15H27NO2/c1-13(2)8-11-17-12-9-16-14(3)6-7-15-5-4-10-18-15/h4-5,10,13-14,16H,6-9,11-12H2,1-3H3. The first-order chi connectivity index (χ1) is 8.68. The van der Waals surface area contributed by atoms with Gasteiger partial charge < -0.3 is 14.5 Å². The summed E-state index contributed by atoms with van der Waals surface area (Å²) in [5, 5.41) is 3.47. The lowest BCUT2D eigenvalue weighted by Crippen LogP contribution is -2.30. The summed E-state index contributed by atoms with van der Waals surface area (Å²) in [6.45, 7) is 9.25. The zero-order chi connectivity index (χ0) is 13.2. The van der Waals surface area contributed by atoms with Gasteiger partial charge in [-0.2, -0.15) is 0 Å². The summed E-state index contributed by atoms with van der Waals surface area (Å²) in [6.07, 6.45) is 4.97. The van der Waals surface area contributed by atoms with E-state index < -0.39 is 0 Å². The molecule has 0 saturated carbocycles. The predicted octanol–water partition coefficient (Wildman–Crippen LogP) is 3.25. The summed E-state index contributed by atoms with van der Waals surface area (Å²) < 4.78 is 10.9. The molecule has 0 fully saturated rings. The van der Waals surface area contributed by atoms with Crippen LogP contribution in [0.5, 0.6) is 0 Å². The second kappa shape index (κ2) is 9.17. The van der Waals surface area contributed by atoms with Gasteiger partial charge >= 0.3 is 0 Å². The van der Waals surface area contributed by atoms with Crippen LogP contribution in [0.15, 0.2) is 22.8 Å². The van der Waals surface area contributed by atoms with Gasteiger partial charge in [-0.05, 0) is 37.8 Å². The van der Waals surface area contributed by atoms with E-state index >= 15 is 0 Å². The average Bonchev–Trinajstić information content (AvgIpc) is 2.83. The maximum absolute atomic E-state index is 5.56. The largest absolute Gasteiger partial charge is 0.469 e. The molecule has 1 unspecified atom stereocenters. The van der Waals surface area contributed by atoms with Gasteiger partial charge in [-0.15, -0.1) is 0 Å². The highest BCUT2D eigenvalue weighted by Gasteiger charge is 2.03. The van der Waals surface area contributed by atoms with Gasteiger partial charge in [0.05, 0.1) is 12.9 Å². The van der Waals surface area contributed by atoms with Crippen LogP contribution >= 0.6 is 0 Å². The molecule has 0 aliphatic heterocycles. The number of ether oxygens (including phenoxy) is 1. The van der Waals surface area contributed by atoms with E-state index in [1.807, 2.05) is 12.1 Å². The van der Waals surface area contributed by atoms with E-state index in [1.54, 1.807) is 6.26 Å². The fourth-order valence-electron chi connectivity index (χ4n) is 1.71. The van der Waals surface area contributed by atoms with Crippen molar-refractivity contribution >= 4 is 0 Å². The van der Waals surface area contributed by atoms with E-state index in [9.17, 15) is 0 Å². The predicted molar refractivity (Wildman–Crippen MR) is 74.8 cm³/mol. The van der Waals surface area contributed by atoms with Crippen LogP contribution in [0.4, 0.5) is 0 Å². The third-order valence-electron chi connectivity index (χ3n) is 2.98. The van der Waals surface area contributed by atoms with Gasteiger partial charge in [0.1, 0.15) is 5.76 Å². The normalized spacial score (nSPS) is 13.1. The minimum absolute atomic E-state index is 0.504. The molecule has 0 saturated heterocycles. The lowest BCUT2D eigenvalue weighted by molar-refractivity contribution is 0.123. The molecule has 0 aliphatic rings. The summed E-state index contributed by atoms with van der Waals surface area (Å²) in [6, 6.07) is 4.47. The molecule has 0 spiro atoms. The Bertz CT molecular complexity index is 283. The number of hydrogen-bond donors (Lipinski definition) is 1. The minimum atomic E-state index is 0.504. The number of aryl methyl sites for hydroxylation is 1. The van der Waals surface area contributed by atoms with Gasteiger partial charge in [-0.3, -0.25) is 0 Å². The van der Waals surface area contributed by atoms with Crippen molar-refractivity contribution < 1.29 is 9.15 Å². The van der Waals surface area contributed by atoms with E-state index in [4.69, 9.17) is 9.15 Å². The molecule has 0 bridgehead atoms. The maximum atomic E-state index is 5.56. The molecule has 1 aromatic heterocycles. The molecule has 0 aromatic carbocycles. The van der Waals surface area contributed by atoms with Crippen molar-refractivity contribution in [2.24, 2.45) is 5.92 Å². The van der Waals surface area contributed by atoms with Crippen LogP contribution in [-0.2, 0) is 11.2 Å². The summed E-state index contributed by atoms with van der Waals surface area (Å²) in [5.74, 6) is 1.79. The van der Waals surface area contributed by atoms with Crippen LogP contribution in [0.25, 0.3) is 0 Å². The highest BCUT2D eigenvalue weighted by Crippen LogP contribution is 2.05. The third kappa shape index (κ3) is 7.51. The minimum Gasteiger partial charge on any atom is -0.469 e. The monoisotopic (exact) mass is 253 g/mol. The molecule has 104 valence electrons. The molecular weight excluding hydrogens is 226 g/mol. The number of rotatable bonds is 10. The van der Waals surface area contributed by atoms with Crippen LogP contribution in [0.1, 0.15) is 39.4 Å². The zero-order valence-corrected chi connectivity index (χ0v) is 11.9. The second-order valence-corrected chi connectivity index (χ2v) is 5.27. The summed E-state index contributed by atoms with van der Waals surface area (Å²) in [5.41, 5.74) is 0. The van der Waals surface area contributed by atoms with Gasteiger partial charge in [0.25, 0.3) is 0 Å². The molecule has 3 heteroatoms. The molecular formula is C15H27NO2. The van der Waals surface area contributed by atoms with Crippen molar-refractivity contribution in [3.63, 3.8) is 0 Å². The molecule has 18 heavy (non-hydrogen) atoms. The fraction of sp³-hybridized carbons (Fsp3) is 0.733. The topological polar surface area (TPSA) is 34.4 Å². The Morgan fingerprint density at radius 1 is 1.22 bits per heavy atom. The van der Waals surface area contributed by atoms with E-state index in [0.29, 0.717) is 6.04 Å². The van der Waals surface area contributed by atoms with Crippen LogP contribution in [0, 0.1) is 5.92 Å². The number of furan rings is 1. The van der Waals surface area contributed by atoms with E-state index in [-0.39, 0.29) is 0 Å². The smallest absolute Gasteiger partial charge is 0.103 e. The summed E-state index contributed by atoms with van der Waals surface area (Å²) >= 11 is 0. The molecule has 1 N–H and O–H groups in total. The fourth-order valence-corrected chi connectivity index (χ4v) is 1.71. The van der Waals surface area contributed by atoms with Gasteiger partial charge in [-0.25, -0.2) is 0 Å². The Morgan fingerprint density at radius 2 is 2.06 bits per heavy atom. The zero-order valence-electron chi connectivity index (χ0n) is 11.9. The molecule has 1 heterocycles. The maximum Gasteiger partial charge on any atom is 0.103 e. The molecule has 3 nitrogen and oxygen atoms in total. The molecule has 0 aliphatic carbocycles. The summed E-state index contributed by atoms with van der Waals surface area (Å²) in [7, 11) is 0. The van der Waals surface area contributed by atoms with Crippen molar-refractivity contribution in [2.45, 2.75) is 46.1 Å². The Morgan fingerprint density at radius 3 is 2.72 bits per heavy atom. The summed E-state index contributed by atoms with van der Waals surface area (Å²) in [4.78, 5) is 0. The first-order valence-electron chi connectivity index (χ1n) is 7.02. The van der Waals surface area contributed by atoms with Crippen molar-refractivity contribution in [1.82, 2.24) is 5.32 Å². The lowest BCUT2D eigenvalue weighted by atomic mass is 10.1. The van der Waals surface area contributed by atoms with E-state index in [2.05, 4.69) is 26.1 Å². The van der Waals surface area contributed by atoms with Gasteiger partial charge in [0, 0.05) is 25.6 Å². The average molecular weight is 253 g/mol. The highest BCUT2D eigenvalue weighted by atomic mass is 16.5. The SMILES string of the molecule is CC(C)CCOCCNC(C)CCc1ccco1. The molecule has 0 amide bonds. The van der Waals surface area contributed by atoms with E-state index in [0.717, 1.165) is 50.7 Å². The van der Waals surface area contributed by atoms with Crippen molar-refractivity contribution in [3.05, 3.63) is 24.2 Å². The highest BCUT2D eigenvalue weighted by molar-refractivity contribution is 4.98. The van der Waals surface area contributed by atoms with Crippen molar-refractivity contribution in [3.8, 4) is 0 Å². The van der Waals surface area contributed by atoms with Gasteiger partial charge in [-0.1, -0.05) is 13.8 Å². The van der Waals surface area contributed by atoms with Crippen molar-refractivity contribution in [1.29, 1.82) is 0 Å².